The van der Waals surface area contributed by atoms with Crippen molar-refractivity contribution in [2.45, 2.75) is 65.3 Å². The van der Waals surface area contributed by atoms with Crippen molar-refractivity contribution >= 4 is 5.91 Å². The number of H-pyrrole nitrogens is 1. The number of hydrogen-bond donors (Lipinski definition) is 1. The number of rotatable bonds is 5. The summed E-state index contributed by atoms with van der Waals surface area (Å²) < 4.78 is 0. The fourth-order valence-electron chi connectivity index (χ4n) is 3.12. The lowest BCUT2D eigenvalue weighted by Gasteiger charge is -2.33. The second-order valence-electron chi connectivity index (χ2n) is 6.26. The lowest BCUT2D eigenvalue weighted by molar-refractivity contribution is 0.0642. The van der Waals surface area contributed by atoms with Gasteiger partial charge in [0.1, 0.15) is 5.69 Å². The van der Waals surface area contributed by atoms with Gasteiger partial charge in [0.05, 0.1) is 0 Å². The minimum atomic E-state index is 0.0886. The van der Waals surface area contributed by atoms with Crippen LogP contribution in [0.1, 0.15) is 69.1 Å². The van der Waals surface area contributed by atoms with Crippen LogP contribution in [0.4, 0.5) is 0 Å². The van der Waals surface area contributed by atoms with Gasteiger partial charge in [-0.15, -0.1) is 0 Å². The van der Waals surface area contributed by atoms with E-state index in [0.717, 1.165) is 31.5 Å². The molecule has 0 aliphatic heterocycles. The van der Waals surface area contributed by atoms with Gasteiger partial charge in [-0.3, -0.25) is 9.89 Å². The molecule has 1 N–H and O–H groups in total. The molecule has 0 radical (unpaired) electrons. The Morgan fingerprint density at radius 3 is 2.70 bits per heavy atom. The quantitative estimate of drug-likeness (QED) is 0.896. The van der Waals surface area contributed by atoms with Crippen LogP contribution in [0.3, 0.4) is 0 Å². The molecule has 4 heteroatoms. The van der Waals surface area contributed by atoms with Crippen LogP contribution in [-0.4, -0.2) is 33.6 Å². The third-order valence-electron chi connectivity index (χ3n) is 4.10. The zero-order chi connectivity index (χ0) is 14.5. The molecule has 4 nitrogen and oxygen atoms in total. The van der Waals surface area contributed by atoms with E-state index in [1.54, 1.807) is 0 Å². The first-order valence-corrected chi connectivity index (χ1v) is 7.97. The molecule has 0 spiro atoms. The second-order valence-corrected chi connectivity index (χ2v) is 6.26. The van der Waals surface area contributed by atoms with Crippen LogP contribution in [0.15, 0.2) is 6.07 Å². The van der Waals surface area contributed by atoms with Crippen LogP contribution >= 0.6 is 0 Å². The van der Waals surface area contributed by atoms with Gasteiger partial charge in [0, 0.05) is 18.3 Å². The van der Waals surface area contributed by atoms with Gasteiger partial charge in [0.15, 0.2) is 0 Å². The Balaban J connectivity index is 2.05. The summed E-state index contributed by atoms with van der Waals surface area (Å²) in [6.45, 7) is 7.18. The predicted molar refractivity (Wildman–Crippen MR) is 80.7 cm³/mol. The first-order chi connectivity index (χ1) is 9.61. The first-order valence-electron chi connectivity index (χ1n) is 7.97. The first kappa shape index (κ1) is 15.1. The average molecular weight is 277 g/mol. The van der Waals surface area contributed by atoms with E-state index >= 15 is 0 Å². The lowest BCUT2D eigenvalue weighted by Crippen LogP contribution is -2.41. The van der Waals surface area contributed by atoms with E-state index in [4.69, 9.17) is 0 Å². The van der Waals surface area contributed by atoms with Gasteiger partial charge < -0.3 is 4.90 Å². The van der Waals surface area contributed by atoms with Crippen molar-refractivity contribution in [2.75, 3.05) is 6.54 Å². The number of carbonyl (C=O) groups is 1. The summed E-state index contributed by atoms with van der Waals surface area (Å²) in [7, 11) is 0. The van der Waals surface area contributed by atoms with E-state index < -0.39 is 0 Å². The Bertz CT molecular complexity index is 433. The van der Waals surface area contributed by atoms with Gasteiger partial charge in [-0.2, -0.15) is 5.10 Å². The molecular weight excluding hydrogens is 250 g/mol. The van der Waals surface area contributed by atoms with Gasteiger partial charge in [-0.1, -0.05) is 33.1 Å². The molecule has 0 unspecified atom stereocenters. The molecule has 1 heterocycles. The van der Waals surface area contributed by atoms with Crippen molar-refractivity contribution in [3.05, 3.63) is 17.5 Å². The molecular formula is C16H27N3O. The number of nitrogens with zero attached hydrogens (tertiary/aromatic N) is 2. The number of hydrogen-bond acceptors (Lipinski definition) is 2. The number of nitrogens with one attached hydrogen (secondary N) is 1. The fourth-order valence-corrected chi connectivity index (χ4v) is 3.12. The molecule has 1 aromatic rings. The van der Waals surface area contributed by atoms with Crippen molar-refractivity contribution in [3.8, 4) is 0 Å². The summed E-state index contributed by atoms with van der Waals surface area (Å²) in [6, 6.07) is 2.33. The third kappa shape index (κ3) is 3.62. The number of amides is 1. The molecule has 1 aromatic heterocycles. The summed E-state index contributed by atoms with van der Waals surface area (Å²) in [5, 5.41) is 7.22. The van der Waals surface area contributed by atoms with E-state index in [0.29, 0.717) is 17.7 Å². The van der Waals surface area contributed by atoms with E-state index in [-0.39, 0.29) is 5.91 Å². The highest BCUT2D eigenvalue weighted by atomic mass is 16.2. The number of aromatic amines is 1. The zero-order valence-electron chi connectivity index (χ0n) is 13.0. The SMILES string of the molecule is CCN(C(=O)c1cc(CC(C)C)[nH]n1)C1CCCCC1. The van der Waals surface area contributed by atoms with Gasteiger partial charge >= 0.3 is 0 Å². The zero-order valence-corrected chi connectivity index (χ0v) is 13.0. The van der Waals surface area contributed by atoms with E-state index in [2.05, 4.69) is 31.0 Å². The minimum absolute atomic E-state index is 0.0886. The normalized spacial score (nSPS) is 16.6. The highest BCUT2D eigenvalue weighted by Gasteiger charge is 2.26. The van der Waals surface area contributed by atoms with Gasteiger partial charge in [0.25, 0.3) is 5.91 Å². The molecule has 0 saturated heterocycles. The Hall–Kier alpha value is -1.32. The molecule has 112 valence electrons. The molecule has 0 bridgehead atoms. The Kier molecular flexibility index (Phi) is 5.21. The molecule has 20 heavy (non-hydrogen) atoms. The van der Waals surface area contributed by atoms with Crippen LogP contribution in [-0.2, 0) is 6.42 Å². The fraction of sp³-hybridized carbons (Fsp3) is 0.750. The van der Waals surface area contributed by atoms with Crippen molar-refractivity contribution in [2.24, 2.45) is 5.92 Å². The van der Waals surface area contributed by atoms with Crippen LogP contribution in [0.2, 0.25) is 0 Å². The van der Waals surface area contributed by atoms with Gasteiger partial charge in [0.2, 0.25) is 0 Å². The van der Waals surface area contributed by atoms with E-state index in [1.807, 2.05) is 11.0 Å². The second kappa shape index (κ2) is 6.91. The summed E-state index contributed by atoms with van der Waals surface area (Å²) >= 11 is 0. The molecule has 0 aromatic carbocycles. The molecule has 1 aliphatic rings. The molecule has 1 fully saturated rings. The maximum absolute atomic E-state index is 12.6. The van der Waals surface area contributed by atoms with Crippen molar-refractivity contribution in [1.82, 2.24) is 15.1 Å². The maximum Gasteiger partial charge on any atom is 0.274 e. The molecule has 2 rings (SSSR count). The van der Waals surface area contributed by atoms with Gasteiger partial charge in [-0.25, -0.2) is 0 Å². The standard InChI is InChI=1S/C16H27N3O/c1-4-19(14-8-6-5-7-9-14)16(20)15-11-13(17-18-15)10-12(2)3/h11-12,14H,4-10H2,1-3H3,(H,17,18). The van der Waals surface area contributed by atoms with Crippen LogP contribution in [0, 0.1) is 5.92 Å². The Labute approximate surface area is 121 Å². The average Bonchev–Trinajstić information content (AvgIpc) is 2.88. The van der Waals surface area contributed by atoms with Crippen LogP contribution in [0.25, 0.3) is 0 Å². The summed E-state index contributed by atoms with van der Waals surface area (Å²) in [5.74, 6) is 0.657. The van der Waals surface area contributed by atoms with E-state index in [1.165, 1.54) is 19.3 Å². The highest BCUT2D eigenvalue weighted by molar-refractivity contribution is 5.92. The van der Waals surface area contributed by atoms with E-state index in [9.17, 15) is 4.79 Å². The number of aromatic nitrogens is 2. The molecule has 1 aliphatic carbocycles. The summed E-state index contributed by atoms with van der Waals surface area (Å²) in [5.41, 5.74) is 1.64. The largest absolute Gasteiger partial charge is 0.335 e. The Morgan fingerprint density at radius 1 is 1.40 bits per heavy atom. The third-order valence-corrected chi connectivity index (χ3v) is 4.10. The highest BCUT2D eigenvalue weighted by Crippen LogP contribution is 2.23. The summed E-state index contributed by atoms with van der Waals surface area (Å²) in [6.07, 6.45) is 7.02. The molecule has 1 amide bonds. The van der Waals surface area contributed by atoms with Crippen LogP contribution < -0.4 is 0 Å². The predicted octanol–water partition coefficient (Wildman–Crippen LogP) is 3.40. The smallest absolute Gasteiger partial charge is 0.274 e. The minimum Gasteiger partial charge on any atom is -0.335 e. The number of carbonyl (C=O) groups excluding carboxylic acids is 1. The molecule has 0 atom stereocenters. The van der Waals surface area contributed by atoms with Crippen LogP contribution in [0.5, 0.6) is 0 Å². The monoisotopic (exact) mass is 277 g/mol. The molecule has 1 saturated carbocycles. The van der Waals surface area contributed by atoms with Crippen molar-refractivity contribution in [3.63, 3.8) is 0 Å². The lowest BCUT2D eigenvalue weighted by atomic mass is 9.94. The summed E-state index contributed by atoms with van der Waals surface area (Å²) in [4.78, 5) is 14.6. The Morgan fingerprint density at radius 2 is 2.10 bits per heavy atom. The van der Waals surface area contributed by atoms with Gasteiger partial charge in [-0.05, 0) is 38.2 Å². The topological polar surface area (TPSA) is 49.0 Å². The van der Waals surface area contributed by atoms with Crippen molar-refractivity contribution in [1.29, 1.82) is 0 Å². The maximum atomic E-state index is 12.6. The van der Waals surface area contributed by atoms with Crippen molar-refractivity contribution < 1.29 is 4.79 Å².